The van der Waals surface area contributed by atoms with Gasteiger partial charge in [-0.3, -0.25) is 0 Å². The van der Waals surface area contributed by atoms with Crippen LogP contribution in [0.3, 0.4) is 0 Å². The van der Waals surface area contributed by atoms with Crippen LogP contribution in [0.1, 0.15) is 11.1 Å². The molecular formula is C17H17NO3S. The molecule has 0 saturated heterocycles. The molecule has 0 fully saturated rings. The van der Waals surface area contributed by atoms with E-state index in [1.165, 1.54) is 4.90 Å². The number of benzene rings is 2. The maximum atomic E-state index is 12.8. The van der Waals surface area contributed by atoms with Crippen molar-refractivity contribution in [3.05, 3.63) is 65.5 Å². The topological polar surface area (TPSA) is 57.6 Å². The molecule has 0 unspecified atom stereocenters. The minimum Gasteiger partial charge on any atom is -0.494 e. The number of fused-ring (bicyclic) bond motifs is 3. The highest BCUT2D eigenvalue weighted by Gasteiger charge is 2.32. The van der Waals surface area contributed by atoms with Crippen molar-refractivity contribution in [2.75, 3.05) is 14.1 Å². The van der Waals surface area contributed by atoms with E-state index >= 15 is 0 Å². The summed E-state index contributed by atoms with van der Waals surface area (Å²) in [5, 5.41) is 10.4. The van der Waals surface area contributed by atoms with Crippen LogP contribution in [0.2, 0.25) is 0 Å². The van der Waals surface area contributed by atoms with Crippen LogP contribution in [0.5, 0.6) is 0 Å². The number of aliphatic hydroxyl groups excluding tert-OH is 1. The first-order chi connectivity index (χ1) is 10.4. The van der Waals surface area contributed by atoms with E-state index < -0.39 is 9.84 Å². The zero-order valence-electron chi connectivity index (χ0n) is 12.4. The summed E-state index contributed by atoms with van der Waals surface area (Å²) in [6.45, 7) is 0. The number of rotatable bonds is 1. The van der Waals surface area contributed by atoms with Gasteiger partial charge in [-0.15, -0.1) is 0 Å². The molecule has 0 atom stereocenters. The van der Waals surface area contributed by atoms with Gasteiger partial charge < -0.3 is 10.0 Å². The Morgan fingerprint density at radius 2 is 1.50 bits per heavy atom. The normalized spacial score (nSPS) is 17.9. The zero-order valence-corrected chi connectivity index (χ0v) is 13.3. The molecule has 1 N–H and O–H groups in total. The lowest BCUT2D eigenvalue weighted by atomic mass is 9.96. The molecule has 0 aromatic heterocycles. The second kappa shape index (κ2) is 5.18. The lowest BCUT2D eigenvalue weighted by molar-refractivity contribution is 0.268. The molecular weight excluding hydrogens is 298 g/mol. The van der Waals surface area contributed by atoms with Crippen molar-refractivity contribution in [1.29, 1.82) is 0 Å². The van der Waals surface area contributed by atoms with Gasteiger partial charge >= 0.3 is 0 Å². The molecule has 4 nitrogen and oxygen atoms in total. The highest BCUT2D eigenvalue weighted by Crippen LogP contribution is 2.40. The molecule has 0 saturated carbocycles. The third kappa shape index (κ3) is 2.27. The largest absolute Gasteiger partial charge is 0.494 e. The first kappa shape index (κ1) is 14.7. The minimum atomic E-state index is -3.64. The van der Waals surface area contributed by atoms with Crippen LogP contribution < -0.4 is 0 Å². The van der Waals surface area contributed by atoms with E-state index in [2.05, 4.69) is 0 Å². The lowest BCUT2D eigenvalue weighted by Crippen LogP contribution is -2.17. The Labute approximate surface area is 130 Å². The molecule has 1 aliphatic heterocycles. The van der Waals surface area contributed by atoms with Gasteiger partial charge in [-0.25, -0.2) is 8.42 Å². The van der Waals surface area contributed by atoms with Gasteiger partial charge in [-0.2, -0.15) is 0 Å². The van der Waals surface area contributed by atoms with Crippen LogP contribution in [-0.2, 0) is 15.6 Å². The molecule has 0 bridgehead atoms. The maximum absolute atomic E-state index is 12.8. The Morgan fingerprint density at radius 1 is 0.955 bits per heavy atom. The smallest absolute Gasteiger partial charge is 0.206 e. The number of hydrogen-bond acceptors (Lipinski definition) is 4. The van der Waals surface area contributed by atoms with Crippen LogP contribution in [0.4, 0.5) is 0 Å². The maximum Gasteiger partial charge on any atom is 0.206 e. The fraction of sp³-hybridized carbons (Fsp3) is 0.176. The Kier molecular flexibility index (Phi) is 3.45. The SMILES string of the molecule is CN(C)/C(O)=C1/c2ccccc2-c2ccccc2CS1(=O)=O. The van der Waals surface area contributed by atoms with Crippen LogP contribution in [0.25, 0.3) is 16.0 Å². The average Bonchev–Trinajstić information content (AvgIpc) is 2.57. The van der Waals surface area contributed by atoms with Crippen molar-refractivity contribution in [1.82, 2.24) is 4.90 Å². The highest BCUT2D eigenvalue weighted by molar-refractivity contribution is 8.00. The van der Waals surface area contributed by atoms with Crippen molar-refractivity contribution in [3.8, 4) is 11.1 Å². The van der Waals surface area contributed by atoms with Gasteiger partial charge in [0.05, 0.1) is 5.75 Å². The third-order valence-electron chi connectivity index (χ3n) is 3.76. The van der Waals surface area contributed by atoms with Gasteiger partial charge in [-0.05, 0) is 16.7 Å². The standard InChI is InChI=1S/C17H17NO3S/c1-18(2)17(19)16-15-10-6-5-9-14(15)13-8-4-3-7-12(13)11-22(16,20)21/h3-10,19H,11H2,1-2H3/b17-16+. The highest BCUT2D eigenvalue weighted by atomic mass is 32.2. The van der Waals surface area contributed by atoms with Crippen LogP contribution in [0, 0.1) is 0 Å². The molecule has 3 rings (SSSR count). The van der Waals surface area contributed by atoms with E-state index in [0.29, 0.717) is 5.56 Å². The predicted molar refractivity (Wildman–Crippen MR) is 87.7 cm³/mol. The quantitative estimate of drug-likeness (QED) is 0.822. The minimum absolute atomic E-state index is 0.00991. The fourth-order valence-electron chi connectivity index (χ4n) is 2.73. The molecule has 5 heteroatoms. The molecule has 0 spiro atoms. The molecule has 0 amide bonds. The third-order valence-corrected chi connectivity index (χ3v) is 5.48. The molecule has 22 heavy (non-hydrogen) atoms. The van der Waals surface area contributed by atoms with E-state index in [1.807, 2.05) is 36.4 Å². The Bertz CT molecular complexity index is 867. The predicted octanol–water partition coefficient (Wildman–Crippen LogP) is 3.03. The van der Waals surface area contributed by atoms with Crippen molar-refractivity contribution >= 4 is 14.7 Å². The van der Waals surface area contributed by atoms with E-state index in [9.17, 15) is 13.5 Å². The summed E-state index contributed by atoms with van der Waals surface area (Å²) in [5.41, 5.74) is 3.00. The van der Waals surface area contributed by atoms with Crippen molar-refractivity contribution in [2.24, 2.45) is 0 Å². The van der Waals surface area contributed by atoms with Crippen molar-refractivity contribution < 1.29 is 13.5 Å². The summed E-state index contributed by atoms with van der Waals surface area (Å²) in [6.07, 6.45) is 0. The number of sulfone groups is 1. The first-order valence-electron chi connectivity index (χ1n) is 6.93. The van der Waals surface area contributed by atoms with Gasteiger partial charge in [0.1, 0.15) is 4.91 Å². The molecule has 0 aliphatic carbocycles. The van der Waals surface area contributed by atoms with E-state index in [-0.39, 0.29) is 16.5 Å². The van der Waals surface area contributed by atoms with Crippen molar-refractivity contribution in [2.45, 2.75) is 5.75 Å². The average molecular weight is 315 g/mol. The molecule has 114 valence electrons. The lowest BCUT2D eigenvalue weighted by Gasteiger charge is -2.17. The zero-order chi connectivity index (χ0) is 15.9. The van der Waals surface area contributed by atoms with Crippen molar-refractivity contribution in [3.63, 3.8) is 0 Å². The van der Waals surface area contributed by atoms with Gasteiger partial charge in [0.15, 0.2) is 9.84 Å². The van der Waals surface area contributed by atoms with Gasteiger partial charge in [-0.1, -0.05) is 48.5 Å². The second-order valence-electron chi connectivity index (χ2n) is 5.51. The summed E-state index contributed by atoms with van der Waals surface area (Å²) in [5.74, 6) is -0.356. The molecule has 0 radical (unpaired) electrons. The number of hydrogen-bond donors (Lipinski definition) is 1. The van der Waals surface area contributed by atoms with Crippen LogP contribution in [0.15, 0.2) is 54.4 Å². The summed E-state index contributed by atoms with van der Waals surface area (Å²) in [7, 11) is -0.396. The second-order valence-corrected chi connectivity index (χ2v) is 7.44. The van der Waals surface area contributed by atoms with Gasteiger partial charge in [0, 0.05) is 19.7 Å². The van der Waals surface area contributed by atoms with E-state index in [1.54, 1.807) is 26.2 Å². The summed E-state index contributed by atoms with van der Waals surface area (Å²) in [6, 6.07) is 14.7. The monoisotopic (exact) mass is 315 g/mol. The molecule has 2 aromatic rings. The first-order valence-corrected chi connectivity index (χ1v) is 8.58. The van der Waals surface area contributed by atoms with E-state index in [4.69, 9.17) is 0 Å². The van der Waals surface area contributed by atoms with Gasteiger partial charge in [0.2, 0.25) is 5.88 Å². The number of nitrogens with zero attached hydrogens (tertiary/aromatic N) is 1. The summed E-state index contributed by atoms with van der Waals surface area (Å²) >= 11 is 0. The van der Waals surface area contributed by atoms with E-state index in [0.717, 1.165) is 16.7 Å². The Morgan fingerprint density at radius 3 is 2.14 bits per heavy atom. The fourth-order valence-corrected chi connectivity index (χ4v) is 4.51. The number of aliphatic hydroxyl groups is 1. The molecule has 1 aliphatic rings. The van der Waals surface area contributed by atoms with Crippen LogP contribution in [-0.4, -0.2) is 32.5 Å². The van der Waals surface area contributed by atoms with Crippen LogP contribution >= 0.6 is 0 Å². The summed E-state index contributed by atoms with van der Waals surface area (Å²) in [4.78, 5) is 1.41. The molecule has 2 aromatic carbocycles. The molecule has 1 heterocycles. The van der Waals surface area contributed by atoms with Gasteiger partial charge in [0.25, 0.3) is 0 Å². The Balaban J connectivity index is 2.45. The summed E-state index contributed by atoms with van der Waals surface area (Å²) < 4.78 is 25.7. The Hall–Kier alpha value is -2.27.